The molecule has 0 unspecified atom stereocenters. The first-order valence-electron chi connectivity index (χ1n) is 4.25. The van der Waals surface area contributed by atoms with Crippen molar-refractivity contribution < 1.29 is 13.2 Å². The molecule has 0 saturated heterocycles. The summed E-state index contributed by atoms with van der Waals surface area (Å²) in [5.41, 5.74) is 4.95. The van der Waals surface area contributed by atoms with Gasteiger partial charge in [0.15, 0.2) is 0 Å². The van der Waals surface area contributed by atoms with Gasteiger partial charge in [-0.05, 0) is 0 Å². The first kappa shape index (κ1) is 11.7. The van der Waals surface area contributed by atoms with Crippen molar-refractivity contribution >= 4 is 15.9 Å². The normalized spacial score (nSPS) is 11.9. The zero-order valence-corrected chi connectivity index (χ0v) is 8.99. The van der Waals surface area contributed by atoms with Crippen molar-refractivity contribution in [3.8, 4) is 0 Å². The van der Waals surface area contributed by atoms with Gasteiger partial charge in [0, 0.05) is 12.7 Å². The second-order valence-electron chi connectivity index (χ2n) is 2.83. The average molecular weight is 232 g/mol. The number of likely N-dealkylation sites (N-methyl/N-ethyl adjacent to an activating group) is 1. The molecule has 0 aliphatic heterocycles. The molecule has 0 atom stereocenters. The molecule has 15 heavy (non-hydrogen) atoms. The largest absolute Gasteiger partial charge is 0.369 e. The number of aromatic amines is 1. The fourth-order valence-electron chi connectivity index (χ4n) is 1.07. The molecule has 1 amide bonds. The van der Waals surface area contributed by atoms with Gasteiger partial charge in [0.1, 0.15) is 4.90 Å². The molecule has 7 nitrogen and oxygen atoms in total. The van der Waals surface area contributed by atoms with Gasteiger partial charge >= 0.3 is 0 Å². The third-order valence-corrected chi connectivity index (χ3v) is 3.68. The van der Waals surface area contributed by atoms with Crippen LogP contribution in [-0.4, -0.2) is 41.9 Å². The highest BCUT2D eigenvalue weighted by Crippen LogP contribution is 2.12. The summed E-state index contributed by atoms with van der Waals surface area (Å²) in [6, 6.07) is 0. The minimum absolute atomic E-state index is 0.0191. The van der Waals surface area contributed by atoms with E-state index >= 15 is 0 Å². The van der Waals surface area contributed by atoms with E-state index in [1.54, 1.807) is 6.92 Å². The highest BCUT2D eigenvalue weighted by atomic mass is 32.2. The number of carbonyl (C=O) groups excluding carboxylic acids is 1. The Kier molecular flexibility index (Phi) is 3.43. The van der Waals surface area contributed by atoms with Crippen LogP contribution in [-0.2, 0) is 14.8 Å². The number of H-pyrrole nitrogens is 1. The molecule has 0 radical (unpaired) electrons. The quantitative estimate of drug-likeness (QED) is 0.671. The Morgan fingerprint density at radius 2 is 2.33 bits per heavy atom. The number of sulfonamides is 1. The van der Waals surface area contributed by atoms with Gasteiger partial charge in [0.05, 0.1) is 12.7 Å². The minimum atomic E-state index is -3.66. The highest BCUT2D eigenvalue weighted by molar-refractivity contribution is 7.89. The summed E-state index contributed by atoms with van der Waals surface area (Å²) in [5.74, 6) is -0.691. The zero-order chi connectivity index (χ0) is 11.5. The minimum Gasteiger partial charge on any atom is -0.369 e. The Labute approximate surface area is 87.3 Å². The molecule has 0 aliphatic carbocycles. The topological polar surface area (TPSA) is 109 Å². The number of nitrogens with zero attached hydrogens (tertiary/aromatic N) is 2. The molecule has 0 fully saturated rings. The van der Waals surface area contributed by atoms with E-state index in [1.807, 2.05) is 0 Å². The second kappa shape index (κ2) is 4.41. The van der Waals surface area contributed by atoms with Crippen LogP contribution in [0.15, 0.2) is 17.3 Å². The van der Waals surface area contributed by atoms with Crippen molar-refractivity contribution in [1.29, 1.82) is 0 Å². The van der Waals surface area contributed by atoms with Crippen molar-refractivity contribution in [2.24, 2.45) is 5.73 Å². The molecule has 1 aromatic rings. The van der Waals surface area contributed by atoms with Gasteiger partial charge in [0.2, 0.25) is 15.9 Å². The van der Waals surface area contributed by atoms with Gasteiger partial charge in [-0.3, -0.25) is 9.89 Å². The van der Waals surface area contributed by atoms with Crippen LogP contribution < -0.4 is 5.73 Å². The van der Waals surface area contributed by atoms with E-state index in [0.717, 1.165) is 4.31 Å². The number of hydrogen-bond acceptors (Lipinski definition) is 4. The van der Waals surface area contributed by atoms with E-state index in [4.69, 9.17) is 5.73 Å². The Morgan fingerprint density at radius 3 is 2.73 bits per heavy atom. The van der Waals surface area contributed by atoms with Gasteiger partial charge in [-0.1, -0.05) is 6.92 Å². The lowest BCUT2D eigenvalue weighted by molar-refractivity contribution is -0.118. The van der Waals surface area contributed by atoms with Crippen molar-refractivity contribution in [2.75, 3.05) is 13.1 Å². The smallest absolute Gasteiger partial charge is 0.246 e. The lowest BCUT2D eigenvalue weighted by Gasteiger charge is -2.17. The Balaban J connectivity index is 2.98. The second-order valence-corrected chi connectivity index (χ2v) is 4.77. The van der Waals surface area contributed by atoms with Crippen LogP contribution in [0.3, 0.4) is 0 Å². The standard InChI is InChI=1S/C7H12N4O3S/c1-2-11(5-7(8)12)15(13,14)6-3-9-10-4-6/h3-4H,2,5H2,1H3,(H2,8,12)(H,9,10). The predicted molar refractivity (Wildman–Crippen MR) is 52.2 cm³/mol. The average Bonchev–Trinajstić information content (AvgIpc) is 2.66. The molecule has 1 rings (SSSR count). The molecular weight excluding hydrogens is 220 g/mol. The van der Waals surface area contributed by atoms with E-state index < -0.39 is 15.9 Å². The van der Waals surface area contributed by atoms with E-state index in [2.05, 4.69) is 10.2 Å². The molecule has 0 spiro atoms. The summed E-state index contributed by atoms with van der Waals surface area (Å²) >= 11 is 0. The molecule has 0 aliphatic rings. The number of amides is 1. The number of primary amides is 1. The van der Waals surface area contributed by atoms with Crippen LogP contribution in [0, 0.1) is 0 Å². The van der Waals surface area contributed by atoms with Gasteiger partial charge in [0.25, 0.3) is 0 Å². The summed E-state index contributed by atoms with van der Waals surface area (Å²) in [5, 5.41) is 5.93. The fourth-order valence-corrected chi connectivity index (χ4v) is 2.39. The third-order valence-electron chi connectivity index (χ3n) is 1.80. The van der Waals surface area contributed by atoms with Gasteiger partial charge < -0.3 is 5.73 Å². The molecule has 1 heterocycles. The molecule has 0 aromatic carbocycles. The number of rotatable bonds is 5. The van der Waals surface area contributed by atoms with E-state index in [1.165, 1.54) is 12.4 Å². The molecule has 8 heteroatoms. The zero-order valence-electron chi connectivity index (χ0n) is 8.17. The summed E-state index contributed by atoms with van der Waals surface area (Å²) in [6.07, 6.45) is 2.43. The Bertz CT molecular complexity index is 425. The third kappa shape index (κ3) is 2.54. The van der Waals surface area contributed by atoms with Gasteiger partial charge in [-0.2, -0.15) is 9.40 Å². The molecular formula is C7H12N4O3S. The number of hydrogen-bond donors (Lipinski definition) is 2. The predicted octanol–water partition coefficient (Wildman–Crippen LogP) is -1.09. The van der Waals surface area contributed by atoms with Gasteiger partial charge in [-0.15, -0.1) is 0 Å². The number of nitrogens with two attached hydrogens (primary N) is 1. The van der Waals surface area contributed by atoms with Crippen molar-refractivity contribution in [1.82, 2.24) is 14.5 Å². The van der Waals surface area contributed by atoms with Crippen LogP contribution in [0.2, 0.25) is 0 Å². The summed E-state index contributed by atoms with van der Waals surface area (Å²) in [6.45, 7) is 1.47. The molecule has 0 saturated carbocycles. The number of nitrogens with one attached hydrogen (secondary N) is 1. The lowest BCUT2D eigenvalue weighted by atomic mass is 10.6. The monoisotopic (exact) mass is 232 g/mol. The van der Waals surface area contributed by atoms with Crippen LogP contribution in [0.1, 0.15) is 6.92 Å². The number of carbonyl (C=O) groups is 1. The summed E-state index contributed by atoms with van der Waals surface area (Å²) in [4.78, 5) is 10.7. The summed E-state index contributed by atoms with van der Waals surface area (Å²) in [7, 11) is -3.66. The lowest BCUT2D eigenvalue weighted by Crippen LogP contribution is -2.38. The van der Waals surface area contributed by atoms with E-state index in [-0.39, 0.29) is 18.0 Å². The summed E-state index contributed by atoms with van der Waals surface area (Å²) < 4.78 is 24.6. The van der Waals surface area contributed by atoms with Crippen molar-refractivity contribution in [2.45, 2.75) is 11.8 Å². The molecule has 0 bridgehead atoms. The van der Waals surface area contributed by atoms with Crippen LogP contribution in [0.4, 0.5) is 0 Å². The Hall–Kier alpha value is -1.41. The van der Waals surface area contributed by atoms with E-state index in [0.29, 0.717) is 0 Å². The van der Waals surface area contributed by atoms with Crippen molar-refractivity contribution in [3.63, 3.8) is 0 Å². The van der Waals surface area contributed by atoms with Crippen LogP contribution in [0.5, 0.6) is 0 Å². The van der Waals surface area contributed by atoms with E-state index in [9.17, 15) is 13.2 Å². The highest BCUT2D eigenvalue weighted by Gasteiger charge is 2.25. The maximum absolute atomic E-state index is 11.8. The Morgan fingerprint density at radius 1 is 1.67 bits per heavy atom. The fraction of sp³-hybridized carbons (Fsp3) is 0.429. The van der Waals surface area contributed by atoms with Crippen LogP contribution in [0.25, 0.3) is 0 Å². The first-order valence-corrected chi connectivity index (χ1v) is 5.69. The molecule has 1 aromatic heterocycles. The maximum atomic E-state index is 11.8. The molecule has 3 N–H and O–H groups in total. The first-order chi connectivity index (χ1) is 6.98. The maximum Gasteiger partial charge on any atom is 0.246 e. The number of aromatic nitrogens is 2. The van der Waals surface area contributed by atoms with Crippen LogP contribution >= 0.6 is 0 Å². The van der Waals surface area contributed by atoms with Crippen molar-refractivity contribution in [3.05, 3.63) is 12.4 Å². The molecule has 84 valence electrons. The van der Waals surface area contributed by atoms with Gasteiger partial charge in [-0.25, -0.2) is 8.42 Å². The SMILES string of the molecule is CCN(CC(N)=O)S(=O)(=O)c1cn[nH]c1.